The molecule has 1 aliphatic heterocycles. The predicted octanol–water partition coefficient (Wildman–Crippen LogP) is 5.53. The summed E-state index contributed by atoms with van der Waals surface area (Å²) in [6.07, 6.45) is 3.95. The molecule has 0 radical (unpaired) electrons. The lowest BCUT2D eigenvalue weighted by atomic mass is 9.64. The van der Waals surface area contributed by atoms with Crippen molar-refractivity contribution in [3.8, 4) is 5.75 Å². The molecule has 0 N–H and O–H groups in total. The third-order valence-corrected chi connectivity index (χ3v) is 5.68. The summed E-state index contributed by atoms with van der Waals surface area (Å²) in [5, 5.41) is 2.56. The van der Waals surface area contributed by atoms with Gasteiger partial charge < -0.3 is 4.74 Å². The van der Waals surface area contributed by atoms with Gasteiger partial charge in [0.1, 0.15) is 11.4 Å². The first-order valence-corrected chi connectivity index (χ1v) is 8.27. The fourth-order valence-electron chi connectivity index (χ4n) is 4.56. The van der Waals surface area contributed by atoms with Crippen LogP contribution in [-0.4, -0.2) is 5.60 Å². The van der Waals surface area contributed by atoms with Crippen LogP contribution in [0.5, 0.6) is 5.75 Å². The van der Waals surface area contributed by atoms with Gasteiger partial charge in [0.2, 0.25) is 0 Å². The monoisotopic (exact) mass is 280 g/mol. The molecular formula is C20H24O. The van der Waals surface area contributed by atoms with Crippen molar-refractivity contribution in [3.63, 3.8) is 0 Å². The van der Waals surface area contributed by atoms with Crippen molar-refractivity contribution in [1.82, 2.24) is 0 Å². The number of hydrogen-bond donors (Lipinski definition) is 0. The minimum Gasteiger partial charge on any atom is -0.487 e. The summed E-state index contributed by atoms with van der Waals surface area (Å²) >= 11 is 0. The highest BCUT2D eigenvalue weighted by Crippen LogP contribution is 2.54. The molecule has 1 saturated carbocycles. The summed E-state index contributed by atoms with van der Waals surface area (Å²) in [5.74, 6) is 3.30. The zero-order chi connectivity index (χ0) is 14.6. The van der Waals surface area contributed by atoms with E-state index >= 15 is 0 Å². The smallest absolute Gasteiger partial charge is 0.131 e. The Labute approximate surface area is 127 Å². The number of fused-ring (bicyclic) bond motifs is 5. The summed E-state index contributed by atoms with van der Waals surface area (Å²) in [7, 11) is 0. The van der Waals surface area contributed by atoms with E-state index in [0.717, 1.165) is 11.7 Å². The number of ether oxygens (including phenoxy) is 1. The van der Waals surface area contributed by atoms with E-state index in [2.05, 4.69) is 57.2 Å². The van der Waals surface area contributed by atoms with E-state index in [1.54, 1.807) is 0 Å². The van der Waals surface area contributed by atoms with E-state index in [4.69, 9.17) is 4.74 Å². The van der Waals surface area contributed by atoms with E-state index in [0.29, 0.717) is 11.8 Å². The van der Waals surface area contributed by atoms with Crippen LogP contribution in [0.2, 0.25) is 0 Å². The van der Waals surface area contributed by atoms with E-state index in [-0.39, 0.29) is 5.60 Å². The molecule has 3 atom stereocenters. The van der Waals surface area contributed by atoms with Gasteiger partial charge in [-0.15, -0.1) is 0 Å². The van der Waals surface area contributed by atoms with Crippen LogP contribution in [0, 0.1) is 11.8 Å². The quantitative estimate of drug-likeness (QED) is 0.616. The second kappa shape index (κ2) is 4.50. The Balaban J connectivity index is 1.93. The molecule has 0 spiro atoms. The normalized spacial score (nSPS) is 30.3. The minimum atomic E-state index is -0.0536. The van der Waals surface area contributed by atoms with Crippen LogP contribution < -0.4 is 4.74 Å². The summed E-state index contributed by atoms with van der Waals surface area (Å²) in [5.41, 5.74) is 1.40. The third kappa shape index (κ3) is 1.97. The SMILES string of the molecule is CC1CC[C@@H]2C(C1)c1ccc3ccccc3c1OC2(C)C. The van der Waals surface area contributed by atoms with Crippen LogP contribution in [0.25, 0.3) is 10.8 Å². The van der Waals surface area contributed by atoms with Gasteiger partial charge in [0.05, 0.1) is 0 Å². The van der Waals surface area contributed by atoms with Crippen molar-refractivity contribution >= 4 is 10.8 Å². The Morgan fingerprint density at radius 2 is 1.86 bits per heavy atom. The van der Waals surface area contributed by atoms with Gasteiger partial charge in [0, 0.05) is 11.3 Å². The van der Waals surface area contributed by atoms with Crippen molar-refractivity contribution < 1.29 is 4.74 Å². The fraction of sp³-hybridized carbons (Fsp3) is 0.500. The van der Waals surface area contributed by atoms with Gasteiger partial charge in [-0.2, -0.15) is 0 Å². The van der Waals surface area contributed by atoms with E-state index in [1.807, 2.05) is 0 Å². The van der Waals surface area contributed by atoms with Crippen molar-refractivity contribution in [2.75, 3.05) is 0 Å². The van der Waals surface area contributed by atoms with Gasteiger partial charge in [-0.05, 0) is 49.5 Å². The number of rotatable bonds is 0. The average molecular weight is 280 g/mol. The molecule has 2 aromatic carbocycles. The molecule has 2 aliphatic rings. The average Bonchev–Trinajstić information content (AvgIpc) is 2.46. The first-order chi connectivity index (χ1) is 10.1. The summed E-state index contributed by atoms with van der Waals surface area (Å²) in [6, 6.07) is 13.2. The minimum absolute atomic E-state index is 0.0536. The molecule has 1 aliphatic carbocycles. The Morgan fingerprint density at radius 1 is 1.05 bits per heavy atom. The summed E-state index contributed by atoms with van der Waals surface area (Å²) < 4.78 is 6.54. The van der Waals surface area contributed by atoms with Gasteiger partial charge in [0.15, 0.2) is 0 Å². The Bertz CT molecular complexity index is 685. The van der Waals surface area contributed by atoms with Crippen molar-refractivity contribution in [2.45, 2.75) is 51.6 Å². The maximum Gasteiger partial charge on any atom is 0.131 e. The Morgan fingerprint density at radius 3 is 2.71 bits per heavy atom. The highest BCUT2D eigenvalue weighted by atomic mass is 16.5. The zero-order valence-corrected chi connectivity index (χ0v) is 13.2. The molecule has 0 amide bonds. The van der Waals surface area contributed by atoms with Crippen LogP contribution in [0.4, 0.5) is 0 Å². The summed E-state index contributed by atoms with van der Waals surface area (Å²) in [4.78, 5) is 0. The third-order valence-electron chi connectivity index (χ3n) is 5.68. The lowest BCUT2D eigenvalue weighted by molar-refractivity contribution is -0.0121. The highest BCUT2D eigenvalue weighted by molar-refractivity contribution is 5.90. The van der Waals surface area contributed by atoms with Crippen LogP contribution >= 0.6 is 0 Å². The highest BCUT2D eigenvalue weighted by Gasteiger charge is 2.46. The second-order valence-electron chi connectivity index (χ2n) is 7.54. The van der Waals surface area contributed by atoms with Gasteiger partial charge in [0.25, 0.3) is 0 Å². The van der Waals surface area contributed by atoms with Crippen molar-refractivity contribution in [2.24, 2.45) is 11.8 Å². The zero-order valence-electron chi connectivity index (χ0n) is 13.2. The number of hydrogen-bond acceptors (Lipinski definition) is 1. The topological polar surface area (TPSA) is 9.23 Å². The molecule has 0 saturated heterocycles. The van der Waals surface area contributed by atoms with E-state index < -0.39 is 0 Å². The van der Waals surface area contributed by atoms with E-state index in [9.17, 15) is 0 Å². The van der Waals surface area contributed by atoms with Gasteiger partial charge >= 0.3 is 0 Å². The molecule has 110 valence electrons. The maximum absolute atomic E-state index is 6.54. The van der Waals surface area contributed by atoms with Crippen molar-refractivity contribution in [3.05, 3.63) is 42.0 Å². The van der Waals surface area contributed by atoms with E-state index in [1.165, 1.54) is 35.6 Å². The second-order valence-corrected chi connectivity index (χ2v) is 7.54. The molecular weight excluding hydrogens is 256 g/mol. The molecule has 0 aromatic heterocycles. The fourth-order valence-corrected chi connectivity index (χ4v) is 4.56. The molecule has 4 rings (SSSR count). The summed E-state index contributed by atoms with van der Waals surface area (Å²) in [6.45, 7) is 6.97. The Hall–Kier alpha value is -1.50. The first-order valence-electron chi connectivity index (χ1n) is 8.27. The molecule has 1 nitrogen and oxygen atoms in total. The molecule has 1 fully saturated rings. The molecule has 1 heteroatoms. The predicted molar refractivity (Wildman–Crippen MR) is 87.9 cm³/mol. The van der Waals surface area contributed by atoms with Gasteiger partial charge in [-0.3, -0.25) is 0 Å². The Kier molecular flexibility index (Phi) is 2.82. The van der Waals surface area contributed by atoms with Crippen LogP contribution in [-0.2, 0) is 0 Å². The van der Waals surface area contributed by atoms with Crippen LogP contribution in [0.3, 0.4) is 0 Å². The maximum atomic E-state index is 6.54. The molecule has 0 bridgehead atoms. The molecule has 2 aromatic rings. The largest absolute Gasteiger partial charge is 0.487 e. The van der Waals surface area contributed by atoms with Gasteiger partial charge in [-0.1, -0.05) is 49.7 Å². The first kappa shape index (κ1) is 13.2. The standard InChI is InChI=1S/C20H24O/c1-13-8-11-18-17(12-13)16-10-9-14-6-4-5-7-15(14)19(16)21-20(18,2)3/h4-7,9-10,13,17-18H,8,11-12H2,1-3H3/t13?,17?,18-/m1/s1. The van der Waals surface area contributed by atoms with Crippen molar-refractivity contribution in [1.29, 1.82) is 0 Å². The molecule has 21 heavy (non-hydrogen) atoms. The van der Waals surface area contributed by atoms with Crippen LogP contribution in [0.1, 0.15) is 51.5 Å². The number of benzene rings is 2. The molecule has 1 heterocycles. The lowest BCUT2D eigenvalue weighted by Gasteiger charge is -2.49. The lowest BCUT2D eigenvalue weighted by Crippen LogP contribution is -2.46. The molecule has 2 unspecified atom stereocenters. The van der Waals surface area contributed by atoms with Gasteiger partial charge in [-0.25, -0.2) is 0 Å². The van der Waals surface area contributed by atoms with Crippen LogP contribution in [0.15, 0.2) is 36.4 Å².